The van der Waals surface area contributed by atoms with E-state index in [0.29, 0.717) is 29.5 Å². The second kappa shape index (κ2) is 5.36. The lowest BCUT2D eigenvalue weighted by Gasteiger charge is -2.26. The maximum absolute atomic E-state index is 5.72. The summed E-state index contributed by atoms with van der Waals surface area (Å²) >= 11 is 1.26. The zero-order valence-electron chi connectivity index (χ0n) is 9.98. The predicted molar refractivity (Wildman–Crippen MR) is 67.8 cm³/mol. The number of H-pyrrole nitrogens is 1. The molecule has 2 aromatic heterocycles. The number of ether oxygens (including phenoxy) is 1. The van der Waals surface area contributed by atoms with E-state index in [0.717, 1.165) is 13.1 Å². The van der Waals surface area contributed by atoms with Gasteiger partial charge in [-0.15, -0.1) is 0 Å². The summed E-state index contributed by atoms with van der Waals surface area (Å²) in [5.74, 6) is 0.760. The summed E-state index contributed by atoms with van der Waals surface area (Å²) in [4.78, 5) is 18.6. The molecule has 1 saturated heterocycles. The van der Waals surface area contributed by atoms with Crippen molar-refractivity contribution in [2.75, 3.05) is 36.9 Å². The van der Waals surface area contributed by atoms with Crippen LogP contribution in [0.15, 0.2) is 16.6 Å². The Morgan fingerprint density at radius 3 is 2.84 bits per heavy atom. The first-order valence-electron chi connectivity index (χ1n) is 5.69. The first-order valence-corrected chi connectivity index (χ1v) is 6.50. The van der Waals surface area contributed by atoms with E-state index in [9.17, 15) is 0 Å². The summed E-state index contributed by atoms with van der Waals surface area (Å²) in [7, 11) is 0. The van der Waals surface area contributed by atoms with Crippen molar-refractivity contribution in [1.82, 2.24) is 30.1 Å². The minimum atomic E-state index is 0.193. The van der Waals surface area contributed by atoms with Gasteiger partial charge in [0.2, 0.25) is 17.1 Å². The smallest absolute Gasteiger partial charge is 0.231 e. The lowest BCUT2D eigenvalue weighted by Crippen LogP contribution is -2.37. The fourth-order valence-electron chi connectivity index (χ4n) is 1.64. The lowest BCUT2D eigenvalue weighted by molar-refractivity contribution is 0.122. The van der Waals surface area contributed by atoms with Crippen molar-refractivity contribution in [3.05, 3.63) is 6.33 Å². The molecule has 10 heteroatoms. The standard InChI is InChI=1S/C9H12N8OS/c10-6-13-7(17-1-3-18-4-2-17)15-9(14-6)19-8-11-5-12-16-8/h5H,1-4H2,(H,11,12,16)(H2,10,13,14,15). The first-order chi connectivity index (χ1) is 9.31. The van der Waals surface area contributed by atoms with E-state index in [1.807, 2.05) is 4.90 Å². The molecule has 2 aromatic rings. The molecule has 0 radical (unpaired) electrons. The maximum Gasteiger partial charge on any atom is 0.231 e. The number of nitrogens with one attached hydrogen (secondary N) is 1. The van der Waals surface area contributed by atoms with Crippen molar-refractivity contribution in [1.29, 1.82) is 0 Å². The van der Waals surface area contributed by atoms with E-state index in [-0.39, 0.29) is 5.95 Å². The molecule has 0 aliphatic carbocycles. The van der Waals surface area contributed by atoms with Crippen molar-refractivity contribution in [2.45, 2.75) is 10.3 Å². The Hall–Kier alpha value is -1.94. The van der Waals surface area contributed by atoms with Crippen molar-refractivity contribution < 1.29 is 4.74 Å². The van der Waals surface area contributed by atoms with Crippen LogP contribution >= 0.6 is 11.8 Å². The van der Waals surface area contributed by atoms with E-state index in [4.69, 9.17) is 10.5 Å². The van der Waals surface area contributed by atoms with Crippen LogP contribution < -0.4 is 10.6 Å². The van der Waals surface area contributed by atoms with Gasteiger partial charge in [-0.05, 0) is 11.8 Å². The molecule has 0 bridgehead atoms. The molecule has 19 heavy (non-hydrogen) atoms. The van der Waals surface area contributed by atoms with E-state index in [1.54, 1.807) is 0 Å². The van der Waals surface area contributed by atoms with Crippen LogP contribution in [0.1, 0.15) is 0 Å². The molecule has 0 amide bonds. The molecule has 0 aromatic carbocycles. The van der Waals surface area contributed by atoms with Crippen molar-refractivity contribution in [3.63, 3.8) is 0 Å². The van der Waals surface area contributed by atoms with Crippen LogP contribution in [-0.2, 0) is 4.74 Å². The van der Waals surface area contributed by atoms with E-state index < -0.39 is 0 Å². The molecule has 3 N–H and O–H groups in total. The number of aromatic amines is 1. The zero-order valence-corrected chi connectivity index (χ0v) is 10.8. The van der Waals surface area contributed by atoms with E-state index in [1.165, 1.54) is 18.1 Å². The number of hydrogen-bond acceptors (Lipinski definition) is 9. The third kappa shape index (κ3) is 2.90. The number of morpholine rings is 1. The molecule has 1 aliphatic rings. The fraction of sp³-hybridized carbons (Fsp3) is 0.444. The van der Waals surface area contributed by atoms with Crippen LogP contribution in [0.3, 0.4) is 0 Å². The number of rotatable bonds is 3. The molecular weight excluding hydrogens is 268 g/mol. The number of anilines is 2. The van der Waals surface area contributed by atoms with Gasteiger partial charge in [0.15, 0.2) is 5.16 Å². The average molecular weight is 280 g/mol. The molecule has 0 spiro atoms. The fourth-order valence-corrected chi connectivity index (χ4v) is 2.28. The van der Waals surface area contributed by atoms with Crippen LogP contribution in [0.4, 0.5) is 11.9 Å². The Morgan fingerprint density at radius 2 is 2.11 bits per heavy atom. The van der Waals surface area contributed by atoms with Crippen molar-refractivity contribution >= 4 is 23.7 Å². The van der Waals surface area contributed by atoms with Gasteiger partial charge >= 0.3 is 0 Å². The number of nitrogens with zero attached hydrogens (tertiary/aromatic N) is 6. The van der Waals surface area contributed by atoms with E-state index in [2.05, 4.69) is 30.1 Å². The summed E-state index contributed by atoms with van der Waals surface area (Å²) in [6.07, 6.45) is 1.43. The minimum absolute atomic E-state index is 0.193. The van der Waals surface area contributed by atoms with Gasteiger partial charge in [0.25, 0.3) is 0 Å². The molecule has 0 atom stereocenters. The Labute approximate surface area is 113 Å². The highest BCUT2D eigenvalue weighted by Crippen LogP contribution is 2.22. The molecule has 1 aliphatic heterocycles. The van der Waals surface area contributed by atoms with Gasteiger partial charge in [0, 0.05) is 13.1 Å². The lowest BCUT2D eigenvalue weighted by atomic mass is 10.4. The van der Waals surface area contributed by atoms with Gasteiger partial charge in [0.1, 0.15) is 6.33 Å². The quantitative estimate of drug-likeness (QED) is 0.771. The second-order valence-electron chi connectivity index (χ2n) is 3.77. The largest absolute Gasteiger partial charge is 0.378 e. The summed E-state index contributed by atoms with van der Waals surface area (Å²) in [5.41, 5.74) is 5.72. The number of nitrogens with two attached hydrogens (primary N) is 1. The van der Waals surface area contributed by atoms with Gasteiger partial charge < -0.3 is 15.4 Å². The van der Waals surface area contributed by atoms with Crippen LogP contribution in [0.2, 0.25) is 0 Å². The highest BCUT2D eigenvalue weighted by molar-refractivity contribution is 7.99. The first kappa shape index (κ1) is 12.1. The third-order valence-electron chi connectivity index (χ3n) is 2.50. The van der Waals surface area contributed by atoms with Crippen LogP contribution in [0, 0.1) is 0 Å². The minimum Gasteiger partial charge on any atom is -0.378 e. The average Bonchev–Trinajstić information content (AvgIpc) is 2.92. The number of aromatic nitrogens is 6. The van der Waals surface area contributed by atoms with Crippen molar-refractivity contribution in [2.24, 2.45) is 0 Å². The molecule has 3 rings (SSSR count). The summed E-state index contributed by atoms with van der Waals surface area (Å²) in [6.45, 7) is 2.82. The monoisotopic (exact) mass is 280 g/mol. The second-order valence-corrected chi connectivity index (χ2v) is 4.72. The van der Waals surface area contributed by atoms with E-state index >= 15 is 0 Å². The van der Waals surface area contributed by atoms with Gasteiger partial charge in [-0.25, -0.2) is 4.98 Å². The van der Waals surface area contributed by atoms with Gasteiger partial charge in [-0.2, -0.15) is 20.1 Å². The van der Waals surface area contributed by atoms with Gasteiger partial charge in [-0.3, -0.25) is 5.10 Å². The number of hydrogen-bond donors (Lipinski definition) is 2. The van der Waals surface area contributed by atoms with Crippen LogP contribution in [-0.4, -0.2) is 56.4 Å². The predicted octanol–water partition coefficient (Wildman–Crippen LogP) is -0.440. The molecule has 0 saturated carbocycles. The zero-order chi connectivity index (χ0) is 13.1. The molecular formula is C9H12N8OS. The summed E-state index contributed by atoms with van der Waals surface area (Å²) in [5, 5.41) is 7.60. The molecule has 100 valence electrons. The normalized spacial score (nSPS) is 15.7. The highest BCUT2D eigenvalue weighted by Gasteiger charge is 2.16. The van der Waals surface area contributed by atoms with Gasteiger partial charge in [0.05, 0.1) is 13.2 Å². The highest BCUT2D eigenvalue weighted by atomic mass is 32.2. The molecule has 3 heterocycles. The summed E-state index contributed by atoms with van der Waals surface area (Å²) < 4.78 is 5.29. The van der Waals surface area contributed by atoms with Crippen LogP contribution in [0.25, 0.3) is 0 Å². The Bertz CT molecular complexity index is 541. The Kier molecular flexibility index (Phi) is 3.42. The molecule has 1 fully saturated rings. The Morgan fingerprint density at radius 1 is 1.26 bits per heavy atom. The molecule has 9 nitrogen and oxygen atoms in total. The molecule has 0 unspecified atom stereocenters. The number of nitrogen functional groups attached to an aromatic ring is 1. The Balaban J connectivity index is 1.82. The SMILES string of the molecule is Nc1nc(Sc2ncn[nH]2)nc(N2CCOCC2)n1. The van der Waals surface area contributed by atoms with Crippen molar-refractivity contribution in [3.8, 4) is 0 Å². The third-order valence-corrected chi connectivity index (χ3v) is 3.25. The van der Waals surface area contributed by atoms with Gasteiger partial charge in [-0.1, -0.05) is 0 Å². The topological polar surface area (TPSA) is 119 Å². The summed E-state index contributed by atoms with van der Waals surface area (Å²) in [6, 6.07) is 0. The van der Waals surface area contributed by atoms with Crippen LogP contribution in [0.5, 0.6) is 0 Å². The maximum atomic E-state index is 5.72.